The number of nitrogens with one attached hydrogen (secondary N) is 2. The Hall–Kier alpha value is -3.10. The summed E-state index contributed by atoms with van der Waals surface area (Å²) < 4.78 is 0. The Kier molecular flexibility index (Phi) is 4.21. The Morgan fingerprint density at radius 1 is 1.15 bits per heavy atom. The van der Waals surface area contributed by atoms with Gasteiger partial charge in [0, 0.05) is 17.3 Å². The van der Waals surface area contributed by atoms with E-state index in [1.165, 1.54) is 11.3 Å². The average molecular weight is 379 g/mol. The molecule has 0 spiro atoms. The molecule has 7 nitrogen and oxygen atoms in total. The molecule has 0 aliphatic rings. The van der Waals surface area contributed by atoms with Crippen molar-refractivity contribution in [2.45, 2.75) is 19.4 Å². The molecule has 0 saturated carbocycles. The Labute approximate surface area is 159 Å². The second-order valence-electron chi connectivity index (χ2n) is 6.62. The molecule has 0 saturated heterocycles. The van der Waals surface area contributed by atoms with Crippen molar-refractivity contribution in [3.8, 4) is 11.3 Å². The van der Waals surface area contributed by atoms with Gasteiger partial charge in [0.25, 0.3) is 5.91 Å². The van der Waals surface area contributed by atoms with Gasteiger partial charge in [-0.15, -0.1) is 0 Å². The van der Waals surface area contributed by atoms with E-state index in [1.807, 2.05) is 12.1 Å². The highest BCUT2D eigenvalue weighted by atomic mass is 32.1. The van der Waals surface area contributed by atoms with Crippen LogP contribution >= 0.6 is 11.3 Å². The highest BCUT2D eigenvalue weighted by molar-refractivity contribution is 7.22. The minimum absolute atomic E-state index is 0.258. The van der Waals surface area contributed by atoms with Crippen LogP contribution in [0.2, 0.25) is 0 Å². The van der Waals surface area contributed by atoms with Gasteiger partial charge >= 0.3 is 0 Å². The van der Waals surface area contributed by atoms with Gasteiger partial charge in [0.2, 0.25) is 0 Å². The van der Waals surface area contributed by atoms with E-state index in [4.69, 9.17) is 0 Å². The number of nitrogens with zero attached hydrogens (tertiary/aromatic N) is 3. The number of carbonyl (C=O) groups is 1. The summed E-state index contributed by atoms with van der Waals surface area (Å²) in [6.45, 7) is 3.40. The summed E-state index contributed by atoms with van der Waals surface area (Å²) in [6, 6.07) is 10.6. The van der Waals surface area contributed by atoms with Crippen molar-refractivity contribution in [1.29, 1.82) is 0 Å². The predicted octanol–water partition coefficient (Wildman–Crippen LogP) is 3.56. The molecule has 0 aliphatic carbocycles. The SMILES string of the molecule is CC(C)(O)c1ccc(C(=O)Nc2nc3ccc(-c4cn[nH]c4)nc3s2)cc1. The third kappa shape index (κ3) is 3.57. The molecule has 8 heteroatoms. The van der Waals surface area contributed by atoms with Gasteiger partial charge in [0.05, 0.1) is 17.5 Å². The maximum Gasteiger partial charge on any atom is 0.257 e. The fourth-order valence-electron chi connectivity index (χ4n) is 2.62. The number of hydrogen-bond donors (Lipinski definition) is 3. The molecule has 0 bridgehead atoms. The van der Waals surface area contributed by atoms with E-state index in [0.29, 0.717) is 10.7 Å². The lowest BCUT2D eigenvalue weighted by molar-refractivity contribution is 0.0785. The third-order valence-electron chi connectivity index (χ3n) is 4.12. The van der Waals surface area contributed by atoms with Crippen molar-refractivity contribution < 1.29 is 9.90 Å². The number of benzene rings is 1. The molecule has 0 radical (unpaired) electrons. The topological polar surface area (TPSA) is 104 Å². The number of fused-ring (bicyclic) bond motifs is 1. The van der Waals surface area contributed by atoms with Crippen LogP contribution in [0.5, 0.6) is 0 Å². The standard InChI is InChI=1S/C19H17N5O2S/c1-19(2,26)13-5-3-11(4-6-13)16(25)24-18-23-15-8-7-14(22-17(15)27-18)12-9-20-21-10-12/h3-10,26H,1-2H3,(H,20,21)(H,23,24,25). The van der Waals surface area contributed by atoms with Gasteiger partial charge in [-0.25, -0.2) is 9.97 Å². The molecule has 3 heterocycles. The first kappa shape index (κ1) is 17.3. The van der Waals surface area contributed by atoms with E-state index < -0.39 is 5.60 Å². The number of rotatable bonds is 4. The molecule has 1 amide bonds. The van der Waals surface area contributed by atoms with Gasteiger partial charge in [-0.05, 0) is 43.7 Å². The van der Waals surface area contributed by atoms with Crippen LogP contribution in [0.3, 0.4) is 0 Å². The van der Waals surface area contributed by atoms with Crippen molar-refractivity contribution in [2.24, 2.45) is 0 Å². The lowest BCUT2D eigenvalue weighted by atomic mass is 9.97. The smallest absolute Gasteiger partial charge is 0.257 e. The molecule has 0 unspecified atom stereocenters. The van der Waals surface area contributed by atoms with E-state index in [2.05, 4.69) is 25.5 Å². The van der Waals surface area contributed by atoms with Gasteiger partial charge < -0.3 is 5.11 Å². The Balaban J connectivity index is 1.55. The normalized spacial score (nSPS) is 11.7. The van der Waals surface area contributed by atoms with Crippen LogP contribution in [0.4, 0.5) is 5.13 Å². The highest BCUT2D eigenvalue weighted by Gasteiger charge is 2.17. The fourth-order valence-corrected chi connectivity index (χ4v) is 3.45. The van der Waals surface area contributed by atoms with E-state index in [0.717, 1.165) is 27.2 Å². The number of amides is 1. The van der Waals surface area contributed by atoms with Crippen LogP contribution in [0.15, 0.2) is 48.8 Å². The van der Waals surface area contributed by atoms with Crippen LogP contribution in [0.25, 0.3) is 21.6 Å². The maximum atomic E-state index is 12.5. The zero-order chi connectivity index (χ0) is 19.0. The number of pyridine rings is 1. The molecular formula is C19H17N5O2S. The van der Waals surface area contributed by atoms with Crippen LogP contribution in [-0.2, 0) is 5.60 Å². The number of aromatic nitrogens is 4. The summed E-state index contributed by atoms with van der Waals surface area (Å²) in [5.41, 5.74) is 2.70. The summed E-state index contributed by atoms with van der Waals surface area (Å²) in [4.78, 5) is 22.2. The number of H-pyrrole nitrogens is 1. The van der Waals surface area contributed by atoms with E-state index in [-0.39, 0.29) is 5.91 Å². The predicted molar refractivity (Wildman–Crippen MR) is 105 cm³/mol. The van der Waals surface area contributed by atoms with Crippen LogP contribution in [0.1, 0.15) is 29.8 Å². The molecule has 4 aromatic rings. The zero-order valence-electron chi connectivity index (χ0n) is 14.7. The minimum Gasteiger partial charge on any atom is -0.386 e. The number of anilines is 1. The maximum absolute atomic E-state index is 12.5. The van der Waals surface area contributed by atoms with E-state index in [1.54, 1.807) is 50.5 Å². The van der Waals surface area contributed by atoms with Crippen molar-refractivity contribution in [3.63, 3.8) is 0 Å². The summed E-state index contributed by atoms with van der Waals surface area (Å²) in [5, 5.41) is 20.0. The molecule has 0 fully saturated rings. The fraction of sp³-hybridized carbons (Fsp3) is 0.158. The molecule has 27 heavy (non-hydrogen) atoms. The van der Waals surface area contributed by atoms with Gasteiger partial charge in [0.1, 0.15) is 10.3 Å². The van der Waals surface area contributed by atoms with E-state index in [9.17, 15) is 9.90 Å². The average Bonchev–Trinajstić information content (AvgIpc) is 3.29. The Morgan fingerprint density at radius 3 is 2.59 bits per heavy atom. The van der Waals surface area contributed by atoms with Gasteiger partial charge in [-0.2, -0.15) is 5.10 Å². The molecule has 0 atom stereocenters. The van der Waals surface area contributed by atoms with Gasteiger partial charge in [0.15, 0.2) is 5.13 Å². The quantitative estimate of drug-likeness (QED) is 0.503. The van der Waals surface area contributed by atoms with E-state index >= 15 is 0 Å². The van der Waals surface area contributed by atoms with Crippen molar-refractivity contribution in [2.75, 3.05) is 5.32 Å². The Bertz CT molecular complexity index is 1100. The van der Waals surface area contributed by atoms with Crippen LogP contribution in [-0.4, -0.2) is 31.2 Å². The van der Waals surface area contributed by atoms with Gasteiger partial charge in [-0.3, -0.25) is 15.2 Å². The molecule has 3 N–H and O–H groups in total. The van der Waals surface area contributed by atoms with Crippen molar-refractivity contribution in [3.05, 3.63) is 59.9 Å². The van der Waals surface area contributed by atoms with Crippen molar-refractivity contribution in [1.82, 2.24) is 20.2 Å². The molecule has 1 aromatic carbocycles. The molecule has 0 aliphatic heterocycles. The molecule has 136 valence electrons. The second-order valence-corrected chi connectivity index (χ2v) is 7.59. The monoisotopic (exact) mass is 379 g/mol. The van der Waals surface area contributed by atoms with Crippen LogP contribution in [0, 0.1) is 0 Å². The summed E-state index contributed by atoms with van der Waals surface area (Å²) >= 11 is 1.31. The molecule has 4 rings (SSSR count). The first-order valence-electron chi connectivity index (χ1n) is 8.31. The highest BCUT2D eigenvalue weighted by Crippen LogP contribution is 2.27. The lowest BCUT2D eigenvalue weighted by Crippen LogP contribution is -2.16. The molecule has 3 aromatic heterocycles. The number of aromatic amines is 1. The van der Waals surface area contributed by atoms with Crippen LogP contribution < -0.4 is 5.32 Å². The number of aliphatic hydroxyl groups is 1. The summed E-state index contributed by atoms with van der Waals surface area (Å²) in [7, 11) is 0. The lowest BCUT2D eigenvalue weighted by Gasteiger charge is -2.17. The third-order valence-corrected chi connectivity index (χ3v) is 5.00. The zero-order valence-corrected chi connectivity index (χ0v) is 15.5. The first-order valence-corrected chi connectivity index (χ1v) is 9.13. The largest absolute Gasteiger partial charge is 0.386 e. The summed E-state index contributed by atoms with van der Waals surface area (Å²) in [6.07, 6.45) is 3.48. The number of carbonyl (C=O) groups excluding carboxylic acids is 1. The van der Waals surface area contributed by atoms with Crippen molar-refractivity contribution >= 4 is 32.7 Å². The second kappa shape index (κ2) is 6.57. The van der Waals surface area contributed by atoms with Gasteiger partial charge in [-0.1, -0.05) is 23.5 Å². The molecular weight excluding hydrogens is 362 g/mol. The number of thiazole rings is 1. The number of hydrogen-bond acceptors (Lipinski definition) is 6. The minimum atomic E-state index is -0.944. The summed E-state index contributed by atoms with van der Waals surface area (Å²) in [5.74, 6) is -0.258. The first-order chi connectivity index (χ1) is 12.9. The Morgan fingerprint density at radius 2 is 1.93 bits per heavy atom.